The lowest BCUT2D eigenvalue weighted by Crippen LogP contribution is -2.23. The van der Waals surface area contributed by atoms with Crippen molar-refractivity contribution in [2.75, 3.05) is 26.1 Å². The van der Waals surface area contributed by atoms with E-state index in [1.807, 2.05) is 0 Å². The Hall–Kier alpha value is -3.90. The molecule has 1 amide bonds. The van der Waals surface area contributed by atoms with E-state index in [2.05, 4.69) is 16.5 Å². The second-order valence-electron chi connectivity index (χ2n) is 7.37. The van der Waals surface area contributed by atoms with Crippen molar-refractivity contribution >= 4 is 11.7 Å². The predicted molar refractivity (Wildman–Crippen MR) is 115 cm³/mol. The molecule has 164 valence electrons. The number of halogens is 1. The number of carbonyl (C=O) groups is 1. The molecule has 0 radical (unpaired) electrons. The number of rotatable bonds is 6. The van der Waals surface area contributed by atoms with Crippen LogP contribution in [0, 0.1) is 17.1 Å². The summed E-state index contributed by atoms with van der Waals surface area (Å²) in [6, 6.07) is 13.3. The number of ether oxygens (including phenoxy) is 2. The molecule has 0 aliphatic carbocycles. The van der Waals surface area contributed by atoms with Crippen LogP contribution < -0.4 is 15.8 Å². The highest BCUT2D eigenvalue weighted by Gasteiger charge is 2.25. The maximum Gasteiger partial charge on any atom is 0.255 e. The van der Waals surface area contributed by atoms with Crippen molar-refractivity contribution in [3.63, 3.8) is 0 Å². The van der Waals surface area contributed by atoms with Crippen molar-refractivity contribution < 1.29 is 18.7 Å². The third-order valence-corrected chi connectivity index (χ3v) is 5.43. The molecule has 1 fully saturated rings. The van der Waals surface area contributed by atoms with Crippen molar-refractivity contribution in [2.45, 2.75) is 19.0 Å². The van der Waals surface area contributed by atoms with E-state index in [-0.39, 0.29) is 29.9 Å². The zero-order valence-electron chi connectivity index (χ0n) is 17.5. The van der Waals surface area contributed by atoms with Crippen LogP contribution in [0.15, 0.2) is 42.5 Å². The molecule has 1 aliphatic heterocycles. The molecular formula is C23H22FN5O3. The molecule has 1 aromatic heterocycles. The average molecular weight is 435 g/mol. The summed E-state index contributed by atoms with van der Waals surface area (Å²) in [6.45, 7) is 1.06. The Bertz CT molecular complexity index is 1190. The topological polar surface area (TPSA) is 115 Å². The van der Waals surface area contributed by atoms with Gasteiger partial charge in [-0.1, -0.05) is 24.3 Å². The van der Waals surface area contributed by atoms with E-state index >= 15 is 0 Å². The maximum atomic E-state index is 14.8. The number of nitrogens with zero attached hydrogens (tertiary/aromatic N) is 3. The van der Waals surface area contributed by atoms with E-state index in [4.69, 9.17) is 15.2 Å². The van der Waals surface area contributed by atoms with Gasteiger partial charge in [-0.3, -0.25) is 4.79 Å². The van der Waals surface area contributed by atoms with Crippen molar-refractivity contribution in [1.82, 2.24) is 15.1 Å². The van der Waals surface area contributed by atoms with Gasteiger partial charge in [0.2, 0.25) is 0 Å². The first-order chi connectivity index (χ1) is 15.5. The van der Waals surface area contributed by atoms with Crippen LogP contribution in [0.25, 0.3) is 11.3 Å². The van der Waals surface area contributed by atoms with Gasteiger partial charge in [-0.05, 0) is 24.6 Å². The highest BCUT2D eigenvalue weighted by molar-refractivity contribution is 5.96. The molecule has 0 bridgehead atoms. The first kappa shape index (κ1) is 21.3. The molecule has 32 heavy (non-hydrogen) atoms. The summed E-state index contributed by atoms with van der Waals surface area (Å²) in [5.41, 5.74) is 7.75. The Kier molecular flexibility index (Phi) is 6.05. The van der Waals surface area contributed by atoms with E-state index < -0.39 is 5.82 Å². The number of nitrogen functional groups attached to an aromatic ring is 1. The highest BCUT2D eigenvalue weighted by atomic mass is 19.1. The number of carbonyl (C=O) groups excluding carboxylic acids is 1. The number of amides is 1. The Morgan fingerprint density at radius 1 is 1.41 bits per heavy atom. The summed E-state index contributed by atoms with van der Waals surface area (Å²) in [4.78, 5) is 12.5. The number of nitriles is 1. The van der Waals surface area contributed by atoms with Gasteiger partial charge in [-0.25, -0.2) is 9.07 Å². The van der Waals surface area contributed by atoms with Gasteiger partial charge in [0.25, 0.3) is 5.91 Å². The van der Waals surface area contributed by atoms with Gasteiger partial charge in [-0.15, -0.1) is 0 Å². The highest BCUT2D eigenvalue weighted by Crippen LogP contribution is 2.32. The Labute approximate surface area is 184 Å². The first-order valence-corrected chi connectivity index (χ1v) is 10.1. The van der Waals surface area contributed by atoms with Crippen LogP contribution in [0.3, 0.4) is 0 Å². The monoisotopic (exact) mass is 435 g/mol. The lowest BCUT2D eigenvalue weighted by atomic mass is 10.1. The number of methoxy groups -OCH3 is 1. The van der Waals surface area contributed by atoms with Gasteiger partial charge in [-0.2, -0.15) is 10.4 Å². The fraction of sp³-hybridized carbons (Fsp3) is 0.261. The summed E-state index contributed by atoms with van der Waals surface area (Å²) in [5, 5.41) is 16.7. The summed E-state index contributed by atoms with van der Waals surface area (Å²) in [5.74, 6) is -0.218. The number of nitrogens with two attached hydrogens (primary N) is 1. The molecule has 1 aliphatic rings. The molecule has 4 rings (SSSR count). The fourth-order valence-electron chi connectivity index (χ4n) is 3.69. The van der Waals surface area contributed by atoms with E-state index in [0.717, 1.165) is 6.42 Å². The normalized spacial score (nSPS) is 15.3. The third kappa shape index (κ3) is 4.00. The average Bonchev–Trinajstić information content (AvgIpc) is 3.45. The van der Waals surface area contributed by atoms with Gasteiger partial charge in [0, 0.05) is 24.3 Å². The Morgan fingerprint density at radius 2 is 2.22 bits per heavy atom. The molecule has 3 N–H and O–H groups in total. The summed E-state index contributed by atoms with van der Waals surface area (Å²) < 4.78 is 27.0. The number of benzene rings is 2. The van der Waals surface area contributed by atoms with Crippen molar-refractivity contribution in [3.8, 4) is 23.1 Å². The number of para-hydroxylation sites is 1. The molecule has 2 aromatic carbocycles. The van der Waals surface area contributed by atoms with Gasteiger partial charge < -0.3 is 20.5 Å². The molecule has 8 nitrogen and oxygen atoms in total. The fourth-order valence-corrected chi connectivity index (χ4v) is 3.69. The smallest absolute Gasteiger partial charge is 0.255 e. The molecular weight excluding hydrogens is 413 g/mol. The van der Waals surface area contributed by atoms with Gasteiger partial charge in [0.1, 0.15) is 34.7 Å². The van der Waals surface area contributed by atoms with Crippen LogP contribution in [0.4, 0.5) is 10.2 Å². The van der Waals surface area contributed by atoms with Gasteiger partial charge in [0.05, 0.1) is 25.3 Å². The zero-order valence-corrected chi connectivity index (χ0v) is 17.5. The number of nitrogens with one attached hydrogen (secondary N) is 1. The standard InChI is InChI=1S/C23H22FN5O3/c1-31-20-5-3-2-4-17(20)23(30)27-12-15-7-6-14(10-19(15)24)21-18(11-25)22(26)29(28-21)16-8-9-32-13-16/h2-7,10,16H,8-9,12-13,26H2,1H3,(H,27,30). The molecule has 1 saturated heterocycles. The van der Waals surface area contributed by atoms with Crippen LogP contribution in [0.5, 0.6) is 5.75 Å². The number of hydrogen-bond acceptors (Lipinski definition) is 6. The quantitative estimate of drug-likeness (QED) is 0.615. The third-order valence-electron chi connectivity index (χ3n) is 5.43. The number of aromatic nitrogens is 2. The minimum atomic E-state index is -0.524. The van der Waals surface area contributed by atoms with Crippen LogP contribution in [-0.4, -0.2) is 36.0 Å². The SMILES string of the molecule is COc1ccccc1C(=O)NCc1ccc(-c2nn(C3CCOC3)c(N)c2C#N)cc1F. The van der Waals surface area contributed by atoms with E-state index in [1.54, 1.807) is 41.1 Å². The minimum absolute atomic E-state index is 0.00983. The summed E-state index contributed by atoms with van der Waals surface area (Å²) in [6.07, 6.45) is 0.745. The summed E-state index contributed by atoms with van der Waals surface area (Å²) >= 11 is 0. The lowest BCUT2D eigenvalue weighted by molar-refractivity contribution is 0.0947. The molecule has 0 saturated carbocycles. The second kappa shape index (κ2) is 9.08. The van der Waals surface area contributed by atoms with Crippen molar-refractivity contribution in [1.29, 1.82) is 5.26 Å². The lowest BCUT2D eigenvalue weighted by Gasteiger charge is -2.10. The van der Waals surface area contributed by atoms with E-state index in [1.165, 1.54) is 13.2 Å². The van der Waals surface area contributed by atoms with Crippen LogP contribution in [0.1, 0.15) is 33.9 Å². The zero-order chi connectivity index (χ0) is 22.7. The van der Waals surface area contributed by atoms with Crippen molar-refractivity contribution in [3.05, 3.63) is 65.0 Å². The van der Waals surface area contributed by atoms with Crippen LogP contribution >= 0.6 is 0 Å². The molecule has 3 aromatic rings. The number of hydrogen-bond donors (Lipinski definition) is 2. The molecule has 1 unspecified atom stereocenters. The van der Waals surface area contributed by atoms with Gasteiger partial charge >= 0.3 is 0 Å². The van der Waals surface area contributed by atoms with Crippen molar-refractivity contribution in [2.24, 2.45) is 0 Å². The predicted octanol–water partition coefficient (Wildman–Crippen LogP) is 3.04. The minimum Gasteiger partial charge on any atom is -0.496 e. The first-order valence-electron chi connectivity index (χ1n) is 10.1. The molecule has 2 heterocycles. The van der Waals surface area contributed by atoms with E-state index in [9.17, 15) is 14.4 Å². The second-order valence-corrected chi connectivity index (χ2v) is 7.37. The summed E-state index contributed by atoms with van der Waals surface area (Å²) in [7, 11) is 1.48. The Balaban J connectivity index is 1.54. The van der Waals surface area contributed by atoms with Gasteiger partial charge in [0.15, 0.2) is 0 Å². The van der Waals surface area contributed by atoms with E-state index in [0.29, 0.717) is 41.3 Å². The van der Waals surface area contributed by atoms with Crippen LogP contribution in [0.2, 0.25) is 0 Å². The molecule has 0 spiro atoms. The Morgan fingerprint density at radius 3 is 2.91 bits per heavy atom. The maximum absolute atomic E-state index is 14.8. The molecule has 1 atom stereocenters. The largest absolute Gasteiger partial charge is 0.496 e. The van der Waals surface area contributed by atoms with Crippen LogP contribution in [-0.2, 0) is 11.3 Å². The number of anilines is 1. The molecule has 9 heteroatoms.